The molecule has 100 valence electrons. The summed E-state index contributed by atoms with van der Waals surface area (Å²) in [7, 11) is 1.80. The van der Waals surface area contributed by atoms with Gasteiger partial charge in [0, 0.05) is 19.6 Å². The van der Waals surface area contributed by atoms with Gasteiger partial charge in [0.2, 0.25) is 0 Å². The predicted molar refractivity (Wildman–Crippen MR) is 64.3 cm³/mol. The third kappa shape index (κ3) is 2.38. The Balaban J connectivity index is 2.21. The summed E-state index contributed by atoms with van der Waals surface area (Å²) in [5.41, 5.74) is 0. The zero-order valence-electron chi connectivity index (χ0n) is 11.0. The Kier molecular flexibility index (Phi) is 3.96. The first-order valence-corrected chi connectivity index (χ1v) is 6.37. The summed E-state index contributed by atoms with van der Waals surface area (Å²) < 4.78 is 12.2. The monoisotopic (exact) mass is 253 g/mol. The van der Waals surface area contributed by atoms with Crippen LogP contribution in [0.3, 0.4) is 0 Å². The van der Waals surface area contributed by atoms with Crippen LogP contribution < -0.4 is 0 Å². The minimum atomic E-state index is -0.466. The highest BCUT2D eigenvalue weighted by Gasteiger charge is 2.32. The van der Waals surface area contributed by atoms with Gasteiger partial charge in [0.15, 0.2) is 0 Å². The number of hydrogen-bond donors (Lipinski definition) is 0. The molecule has 2 unspecified atom stereocenters. The van der Waals surface area contributed by atoms with E-state index in [1.165, 1.54) is 0 Å². The van der Waals surface area contributed by atoms with E-state index >= 15 is 0 Å². The van der Waals surface area contributed by atoms with Gasteiger partial charge in [0.1, 0.15) is 5.82 Å². The molecule has 0 amide bonds. The Morgan fingerprint density at radius 2 is 2.33 bits per heavy atom. The zero-order valence-corrected chi connectivity index (χ0v) is 11.0. The number of ether oxygens (including phenoxy) is 2. The van der Waals surface area contributed by atoms with Gasteiger partial charge in [-0.1, -0.05) is 6.92 Å². The third-order valence-electron chi connectivity index (χ3n) is 3.20. The van der Waals surface area contributed by atoms with Crippen LogP contribution in [0.4, 0.5) is 0 Å². The van der Waals surface area contributed by atoms with Gasteiger partial charge in [-0.25, -0.2) is 9.78 Å². The van der Waals surface area contributed by atoms with E-state index in [1.54, 1.807) is 18.7 Å². The summed E-state index contributed by atoms with van der Waals surface area (Å²) in [6, 6.07) is 0. The second kappa shape index (κ2) is 5.48. The van der Waals surface area contributed by atoms with E-state index in [4.69, 9.17) is 9.47 Å². The predicted octanol–water partition coefficient (Wildman–Crippen LogP) is 1.27. The first kappa shape index (κ1) is 13.0. The summed E-state index contributed by atoms with van der Waals surface area (Å²) in [5.74, 6) is 0.695. The molecule has 6 nitrogen and oxygen atoms in total. The van der Waals surface area contributed by atoms with Crippen molar-refractivity contribution < 1.29 is 14.3 Å². The minimum Gasteiger partial charge on any atom is -0.460 e. The number of aromatic nitrogens is 3. The lowest BCUT2D eigenvalue weighted by Gasteiger charge is -2.15. The summed E-state index contributed by atoms with van der Waals surface area (Å²) in [6.45, 7) is 4.92. The van der Waals surface area contributed by atoms with Gasteiger partial charge in [-0.15, -0.1) is 5.10 Å². The molecule has 0 aromatic carbocycles. The molecule has 0 aliphatic carbocycles. The molecular formula is C12H19N3O3. The van der Waals surface area contributed by atoms with Crippen molar-refractivity contribution >= 4 is 5.97 Å². The Hall–Kier alpha value is -1.43. The molecule has 0 N–H and O–H groups in total. The molecule has 1 saturated heterocycles. The van der Waals surface area contributed by atoms with Crippen LogP contribution in [-0.4, -0.2) is 40.1 Å². The van der Waals surface area contributed by atoms with Gasteiger partial charge in [-0.05, 0) is 19.8 Å². The molecule has 2 atom stereocenters. The molecule has 6 heteroatoms. The van der Waals surface area contributed by atoms with E-state index in [2.05, 4.69) is 17.0 Å². The number of rotatable bonds is 4. The molecule has 18 heavy (non-hydrogen) atoms. The fraction of sp³-hybridized carbons (Fsp3) is 0.750. The Labute approximate surface area is 106 Å². The molecule has 0 bridgehead atoms. The molecule has 1 aromatic heterocycles. The topological polar surface area (TPSA) is 66.2 Å². The maximum Gasteiger partial charge on any atom is 0.378 e. The maximum atomic E-state index is 11.6. The van der Waals surface area contributed by atoms with E-state index in [0.717, 1.165) is 25.3 Å². The zero-order chi connectivity index (χ0) is 13.1. The van der Waals surface area contributed by atoms with Crippen LogP contribution in [0, 0.1) is 0 Å². The molecule has 0 saturated carbocycles. The van der Waals surface area contributed by atoms with Crippen LogP contribution in [-0.2, 0) is 16.5 Å². The Morgan fingerprint density at radius 3 is 3.00 bits per heavy atom. The third-order valence-corrected chi connectivity index (χ3v) is 3.20. The standard InChI is InChI=1S/C12H19N3O3/c1-4-9-8(6-7-18-9)11-13-10(14-15(11)3)12(16)17-5-2/h8-9H,4-7H2,1-3H3. The van der Waals surface area contributed by atoms with Crippen molar-refractivity contribution in [2.45, 2.75) is 38.7 Å². The van der Waals surface area contributed by atoms with Crippen LogP contribution >= 0.6 is 0 Å². The molecule has 0 radical (unpaired) electrons. The van der Waals surface area contributed by atoms with Crippen molar-refractivity contribution in [1.29, 1.82) is 0 Å². The van der Waals surface area contributed by atoms with E-state index in [-0.39, 0.29) is 17.8 Å². The van der Waals surface area contributed by atoms with E-state index in [1.807, 2.05) is 0 Å². The summed E-state index contributed by atoms with van der Waals surface area (Å²) in [6.07, 6.45) is 2.03. The molecule has 2 heterocycles. The number of hydrogen-bond acceptors (Lipinski definition) is 5. The number of esters is 1. The lowest BCUT2D eigenvalue weighted by atomic mass is 9.99. The van der Waals surface area contributed by atoms with Crippen molar-refractivity contribution in [2.24, 2.45) is 7.05 Å². The fourth-order valence-electron chi connectivity index (χ4n) is 2.35. The minimum absolute atomic E-state index is 0.135. The van der Waals surface area contributed by atoms with Crippen molar-refractivity contribution in [3.63, 3.8) is 0 Å². The highest BCUT2D eigenvalue weighted by molar-refractivity contribution is 5.85. The van der Waals surface area contributed by atoms with E-state index in [0.29, 0.717) is 6.61 Å². The van der Waals surface area contributed by atoms with Crippen LogP contribution in [0.1, 0.15) is 49.1 Å². The highest BCUT2D eigenvalue weighted by atomic mass is 16.5. The lowest BCUT2D eigenvalue weighted by molar-refractivity contribution is 0.0511. The molecule has 1 aliphatic heterocycles. The second-order valence-corrected chi connectivity index (χ2v) is 4.35. The molecule has 1 aliphatic rings. The average Bonchev–Trinajstić information content (AvgIpc) is 2.94. The van der Waals surface area contributed by atoms with Crippen LogP contribution in [0.2, 0.25) is 0 Å². The number of carbonyl (C=O) groups excluding carboxylic acids is 1. The van der Waals surface area contributed by atoms with Crippen LogP contribution in [0.15, 0.2) is 0 Å². The van der Waals surface area contributed by atoms with Gasteiger partial charge >= 0.3 is 5.97 Å². The second-order valence-electron chi connectivity index (χ2n) is 4.35. The van der Waals surface area contributed by atoms with Crippen molar-refractivity contribution in [3.05, 3.63) is 11.6 Å². The van der Waals surface area contributed by atoms with Crippen molar-refractivity contribution in [3.8, 4) is 0 Å². The van der Waals surface area contributed by atoms with E-state index in [9.17, 15) is 4.79 Å². The van der Waals surface area contributed by atoms with Crippen molar-refractivity contribution in [2.75, 3.05) is 13.2 Å². The largest absolute Gasteiger partial charge is 0.460 e. The molecular weight excluding hydrogens is 234 g/mol. The van der Waals surface area contributed by atoms with E-state index < -0.39 is 5.97 Å². The summed E-state index contributed by atoms with van der Waals surface area (Å²) >= 11 is 0. The summed E-state index contributed by atoms with van der Waals surface area (Å²) in [4.78, 5) is 15.9. The number of nitrogens with zero attached hydrogens (tertiary/aromatic N) is 3. The quantitative estimate of drug-likeness (QED) is 0.756. The first-order chi connectivity index (χ1) is 8.67. The first-order valence-electron chi connectivity index (χ1n) is 6.37. The Bertz CT molecular complexity index is 430. The van der Waals surface area contributed by atoms with Crippen LogP contribution in [0.25, 0.3) is 0 Å². The maximum absolute atomic E-state index is 11.6. The fourth-order valence-corrected chi connectivity index (χ4v) is 2.35. The normalized spacial score (nSPS) is 23.3. The molecule has 0 spiro atoms. The molecule has 1 aromatic rings. The summed E-state index contributed by atoms with van der Waals surface area (Å²) in [5, 5.41) is 4.12. The molecule has 1 fully saturated rings. The molecule has 2 rings (SSSR count). The van der Waals surface area contributed by atoms with Gasteiger partial charge in [0.25, 0.3) is 5.82 Å². The SMILES string of the molecule is CCOC(=O)c1nc(C2CCOC2CC)n(C)n1. The van der Waals surface area contributed by atoms with Gasteiger partial charge < -0.3 is 9.47 Å². The van der Waals surface area contributed by atoms with Gasteiger partial charge in [-0.3, -0.25) is 4.68 Å². The van der Waals surface area contributed by atoms with Crippen LogP contribution in [0.5, 0.6) is 0 Å². The van der Waals surface area contributed by atoms with Gasteiger partial charge in [0.05, 0.1) is 12.7 Å². The smallest absolute Gasteiger partial charge is 0.378 e. The Morgan fingerprint density at radius 1 is 1.56 bits per heavy atom. The number of aryl methyl sites for hydroxylation is 1. The highest BCUT2D eigenvalue weighted by Crippen LogP contribution is 2.31. The number of carbonyl (C=O) groups is 1. The average molecular weight is 253 g/mol. The van der Waals surface area contributed by atoms with Crippen molar-refractivity contribution in [1.82, 2.24) is 14.8 Å². The lowest BCUT2D eigenvalue weighted by Crippen LogP contribution is -2.17. The van der Waals surface area contributed by atoms with Gasteiger partial charge in [-0.2, -0.15) is 0 Å².